The minimum atomic E-state index is -1.17. The molecule has 2 rings (SSSR count). The zero-order chi connectivity index (χ0) is 12.5. The van der Waals surface area contributed by atoms with Crippen molar-refractivity contribution in [3.8, 4) is 0 Å². The van der Waals surface area contributed by atoms with Crippen molar-refractivity contribution in [1.29, 1.82) is 0 Å². The van der Waals surface area contributed by atoms with E-state index in [9.17, 15) is 14.7 Å². The van der Waals surface area contributed by atoms with Crippen LogP contribution < -0.4 is 5.32 Å². The van der Waals surface area contributed by atoms with Crippen LogP contribution in [-0.4, -0.2) is 35.2 Å². The molecule has 2 atom stereocenters. The minimum absolute atomic E-state index is 0.0692. The van der Waals surface area contributed by atoms with E-state index < -0.39 is 17.4 Å². The molecule has 1 aliphatic carbocycles. The number of carbonyl (C=O) groups is 2. The molecule has 2 aliphatic rings. The van der Waals surface area contributed by atoms with Crippen LogP contribution in [0.5, 0.6) is 0 Å². The minimum Gasteiger partial charge on any atom is -0.478 e. The average molecular weight is 239 g/mol. The van der Waals surface area contributed by atoms with Gasteiger partial charge in [-0.2, -0.15) is 0 Å². The smallest absolute Gasteiger partial charge is 0.332 e. The lowest BCUT2D eigenvalue weighted by Crippen LogP contribution is -2.38. The van der Waals surface area contributed by atoms with E-state index in [1.165, 1.54) is 0 Å². The average Bonchev–Trinajstić information content (AvgIpc) is 2.69. The fourth-order valence-electron chi connectivity index (χ4n) is 3.30. The van der Waals surface area contributed by atoms with Crippen molar-refractivity contribution in [3.63, 3.8) is 0 Å². The molecule has 0 aromatic carbocycles. The Morgan fingerprint density at radius 3 is 2.71 bits per heavy atom. The highest BCUT2D eigenvalue weighted by Crippen LogP contribution is 2.48. The molecular weight excluding hydrogens is 222 g/mol. The quantitative estimate of drug-likeness (QED) is 0.636. The Morgan fingerprint density at radius 1 is 1.29 bits per heavy atom. The lowest BCUT2D eigenvalue weighted by molar-refractivity contribution is -0.136. The summed E-state index contributed by atoms with van der Waals surface area (Å²) in [4.78, 5) is 22.1. The van der Waals surface area contributed by atoms with Gasteiger partial charge in [0.2, 0.25) is 0 Å². The molecule has 0 aromatic rings. The molecule has 1 aliphatic heterocycles. The lowest BCUT2D eigenvalue weighted by atomic mass is 9.64. The van der Waals surface area contributed by atoms with Crippen LogP contribution in [0.3, 0.4) is 0 Å². The highest BCUT2D eigenvalue weighted by atomic mass is 16.4. The predicted molar refractivity (Wildman–Crippen MR) is 60.6 cm³/mol. The van der Waals surface area contributed by atoms with E-state index in [4.69, 9.17) is 5.11 Å². The van der Waals surface area contributed by atoms with E-state index in [0.29, 0.717) is 6.54 Å². The molecule has 94 valence electrons. The van der Waals surface area contributed by atoms with E-state index >= 15 is 0 Å². The third-order valence-corrected chi connectivity index (χ3v) is 4.07. The maximum atomic E-state index is 11.3. The second-order valence-corrected chi connectivity index (χ2v) is 4.93. The van der Waals surface area contributed by atoms with Crippen molar-refractivity contribution in [3.05, 3.63) is 11.6 Å². The topological polar surface area (TPSA) is 86.6 Å². The largest absolute Gasteiger partial charge is 0.478 e. The second-order valence-electron chi connectivity index (χ2n) is 4.93. The molecule has 1 heterocycles. The lowest BCUT2D eigenvalue weighted by Gasteiger charge is -2.39. The molecule has 0 bridgehead atoms. The summed E-state index contributed by atoms with van der Waals surface area (Å²) in [6.07, 6.45) is 4.72. The Bertz CT molecular complexity index is 377. The molecule has 0 radical (unpaired) electrons. The highest BCUT2D eigenvalue weighted by molar-refractivity contribution is 5.96. The van der Waals surface area contributed by atoms with Crippen LogP contribution in [-0.2, 0) is 9.59 Å². The van der Waals surface area contributed by atoms with Gasteiger partial charge in [-0.15, -0.1) is 0 Å². The van der Waals surface area contributed by atoms with Crippen molar-refractivity contribution in [1.82, 2.24) is 5.32 Å². The first kappa shape index (κ1) is 12.1. The molecule has 1 saturated carbocycles. The van der Waals surface area contributed by atoms with Crippen molar-refractivity contribution >= 4 is 11.9 Å². The van der Waals surface area contributed by atoms with Crippen molar-refractivity contribution in [2.24, 2.45) is 11.3 Å². The number of hydrogen-bond acceptors (Lipinski definition) is 3. The van der Waals surface area contributed by atoms with Crippen LogP contribution >= 0.6 is 0 Å². The number of nitrogens with one attached hydrogen (secondary N) is 1. The molecule has 0 spiro atoms. The molecule has 2 fully saturated rings. The van der Waals surface area contributed by atoms with Gasteiger partial charge >= 0.3 is 11.9 Å². The van der Waals surface area contributed by atoms with Gasteiger partial charge in [0.15, 0.2) is 0 Å². The van der Waals surface area contributed by atoms with Gasteiger partial charge in [-0.25, -0.2) is 9.59 Å². The van der Waals surface area contributed by atoms with Crippen LogP contribution in [0.25, 0.3) is 0 Å². The molecule has 1 saturated heterocycles. The third-order valence-electron chi connectivity index (χ3n) is 4.07. The van der Waals surface area contributed by atoms with Crippen molar-refractivity contribution in [2.75, 3.05) is 13.1 Å². The van der Waals surface area contributed by atoms with E-state index in [1.54, 1.807) is 0 Å². The summed E-state index contributed by atoms with van der Waals surface area (Å²) in [5.74, 6) is -2.01. The summed E-state index contributed by atoms with van der Waals surface area (Å²) in [5, 5.41) is 21.3. The molecule has 5 nitrogen and oxygen atoms in total. The summed E-state index contributed by atoms with van der Waals surface area (Å²) in [7, 11) is 0. The summed E-state index contributed by atoms with van der Waals surface area (Å²) < 4.78 is 0. The number of carboxylic acid groups (broad SMARTS) is 2. The summed E-state index contributed by atoms with van der Waals surface area (Å²) in [6, 6.07) is 0. The number of fused-ring (bicyclic) bond motifs is 1. The van der Waals surface area contributed by atoms with Gasteiger partial charge in [0, 0.05) is 18.0 Å². The Labute approximate surface area is 99.5 Å². The van der Waals surface area contributed by atoms with E-state index in [-0.39, 0.29) is 11.5 Å². The standard InChI is InChI=1S/C12H17NO4/c14-10(15)5-9(11(16)17)12-4-2-1-3-8(12)6-13-7-12/h5,8,13H,1-4,6-7H2,(H,14,15)(H,16,17)/t8?,12-/m0/s1. The monoisotopic (exact) mass is 239 g/mol. The third kappa shape index (κ3) is 2.07. The molecule has 1 unspecified atom stereocenters. The predicted octanol–water partition coefficient (Wildman–Crippen LogP) is 0.862. The van der Waals surface area contributed by atoms with Crippen LogP contribution in [0.1, 0.15) is 25.7 Å². The van der Waals surface area contributed by atoms with Gasteiger partial charge in [-0.05, 0) is 25.3 Å². The molecular formula is C12H17NO4. The maximum Gasteiger partial charge on any atom is 0.332 e. The fraction of sp³-hybridized carbons (Fsp3) is 0.667. The van der Waals surface area contributed by atoms with Gasteiger partial charge in [0.25, 0.3) is 0 Å². The molecule has 5 heteroatoms. The van der Waals surface area contributed by atoms with Gasteiger partial charge in [-0.3, -0.25) is 0 Å². The Morgan fingerprint density at radius 2 is 2.06 bits per heavy atom. The maximum absolute atomic E-state index is 11.3. The number of rotatable bonds is 3. The normalized spacial score (nSPS) is 33.2. The Balaban J connectivity index is 2.39. The van der Waals surface area contributed by atoms with Crippen molar-refractivity contribution < 1.29 is 19.8 Å². The number of hydrogen-bond donors (Lipinski definition) is 3. The van der Waals surface area contributed by atoms with Gasteiger partial charge < -0.3 is 15.5 Å². The van der Waals surface area contributed by atoms with Crippen LogP contribution in [0.2, 0.25) is 0 Å². The first-order valence-corrected chi connectivity index (χ1v) is 5.95. The van der Waals surface area contributed by atoms with Crippen LogP contribution in [0.4, 0.5) is 0 Å². The van der Waals surface area contributed by atoms with Crippen molar-refractivity contribution in [2.45, 2.75) is 25.7 Å². The van der Waals surface area contributed by atoms with Gasteiger partial charge in [0.05, 0.1) is 5.57 Å². The number of carboxylic acids is 2. The molecule has 0 amide bonds. The zero-order valence-electron chi connectivity index (χ0n) is 9.61. The van der Waals surface area contributed by atoms with E-state index in [2.05, 4.69) is 5.32 Å². The summed E-state index contributed by atoms with van der Waals surface area (Å²) >= 11 is 0. The summed E-state index contributed by atoms with van der Waals surface area (Å²) in [5.41, 5.74) is -0.401. The van der Waals surface area contributed by atoms with E-state index in [1.807, 2.05) is 0 Å². The van der Waals surface area contributed by atoms with Gasteiger partial charge in [-0.1, -0.05) is 12.8 Å². The Hall–Kier alpha value is -1.36. The molecule has 3 N–H and O–H groups in total. The second kappa shape index (κ2) is 4.49. The van der Waals surface area contributed by atoms with Crippen LogP contribution in [0, 0.1) is 11.3 Å². The summed E-state index contributed by atoms with van der Waals surface area (Å²) in [6.45, 7) is 1.38. The zero-order valence-corrected chi connectivity index (χ0v) is 9.61. The van der Waals surface area contributed by atoms with Crippen LogP contribution in [0.15, 0.2) is 11.6 Å². The van der Waals surface area contributed by atoms with Gasteiger partial charge in [0.1, 0.15) is 0 Å². The first-order chi connectivity index (χ1) is 8.06. The number of aliphatic carboxylic acids is 2. The first-order valence-electron chi connectivity index (χ1n) is 5.95. The van der Waals surface area contributed by atoms with E-state index in [0.717, 1.165) is 38.3 Å². The Kier molecular flexibility index (Phi) is 3.19. The molecule has 0 aromatic heterocycles. The SMILES string of the molecule is O=C(O)C=C(C(=O)O)[C@]12CCCCC1CNC2. The fourth-order valence-corrected chi connectivity index (χ4v) is 3.30. The highest BCUT2D eigenvalue weighted by Gasteiger charge is 2.49. The molecule has 17 heavy (non-hydrogen) atoms.